The van der Waals surface area contributed by atoms with Gasteiger partial charge < -0.3 is 20.4 Å². The van der Waals surface area contributed by atoms with E-state index in [1.807, 2.05) is 0 Å². The summed E-state index contributed by atoms with van der Waals surface area (Å²) in [5, 5.41) is 22.8. The second-order valence-corrected chi connectivity index (χ2v) is 7.73. The number of carbonyl (C=O) groups is 1. The van der Waals surface area contributed by atoms with Crippen LogP contribution in [0, 0.1) is 11.2 Å². The highest BCUT2D eigenvalue weighted by atomic mass is 19.4. The summed E-state index contributed by atoms with van der Waals surface area (Å²) in [6.45, 7) is -0.275. The maximum Gasteiger partial charge on any atom is 0.425 e. The molecule has 7 nitrogen and oxygen atoms in total. The van der Waals surface area contributed by atoms with E-state index >= 15 is 0 Å². The Balaban J connectivity index is 2.11. The average Bonchev–Trinajstić information content (AvgIpc) is 3.22. The van der Waals surface area contributed by atoms with E-state index in [2.05, 4.69) is 10.3 Å². The van der Waals surface area contributed by atoms with Crippen molar-refractivity contribution in [3.63, 3.8) is 0 Å². The van der Waals surface area contributed by atoms with Crippen LogP contribution in [-0.2, 0) is 16.9 Å². The molecule has 1 aromatic heterocycles. The van der Waals surface area contributed by atoms with Crippen LogP contribution < -0.4 is 10.6 Å². The van der Waals surface area contributed by atoms with Gasteiger partial charge in [0.1, 0.15) is 23.7 Å². The van der Waals surface area contributed by atoms with Crippen molar-refractivity contribution in [2.75, 3.05) is 14.1 Å². The molecule has 0 aliphatic carbocycles. The third-order valence-electron chi connectivity index (χ3n) is 5.46. The molecule has 0 saturated heterocycles. The van der Waals surface area contributed by atoms with Gasteiger partial charge in [-0.15, -0.1) is 0 Å². The molecule has 1 atom stereocenters. The van der Waals surface area contributed by atoms with E-state index in [-0.39, 0.29) is 17.8 Å². The van der Waals surface area contributed by atoms with Crippen molar-refractivity contribution in [2.24, 2.45) is 4.99 Å². The van der Waals surface area contributed by atoms with Crippen molar-refractivity contribution in [1.29, 1.82) is 5.41 Å². The van der Waals surface area contributed by atoms with Crippen LogP contribution in [-0.4, -0.2) is 48.3 Å². The van der Waals surface area contributed by atoms with Gasteiger partial charge in [0.25, 0.3) is 0 Å². The van der Waals surface area contributed by atoms with Gasteiger partial charge in [-0.2, -0.15) is 13.2 Å². The zero-order valence-corrected chi connectivity index (χ0v) is 18.9. The Morgan fingerprint density at radius 2 is 1.86 bits per heavy atom. The lowest BCUT2D eigenvalue weighted by Crippen LogP contribution is -2.71. The number of carbonyl (C=O) groups excluding carboxylic acids is 1. The van der Waals surface area contributed by atoms with E-state index in [0.29, 0.717) is 11.4 Å². The number of aromatic nitrogens is 1. The molecule has 1 unspecified atom stereocenters. The van der Waals surface area contributed by atoms with Crippen molar-refractivity contribution in [1.82, 2.24) is 9.88 Å². The number of hydrogen-bond acceptors (Lipinski definition) is 4. The molecule has 3 aromatic rings. The predicted octanol–water partition coefficient (Wildman–Crippen LogP) is 2.74. The number of halogens is 4. The zero-order valence-electron chi connectivity index (χ0n) is 18.9. The molecule has 0 saturated carbocycles. The first kappa shape index (κ1) is 25.8. The number of alkyl halides is 3. The minimum absolute atomic E-state index is 0.120. The number of hydrogen-bond donors (Lipinski definition) is 4. The molecule has 3 rings (SSSR count). The third kappa shape index (κ3) is 5.31. The van der Waals surface area contributed by atoms with Gasteiger partial charge in [0.15, 0.2) is 0 Å². The first-order valence-corrected chi connectivity index (χ1v) is 10.4. The first-order valence-electron chi connectivity index (χ1n) is 10.4. The van der Waals surface area contributed by atoms with Gasteiger partial charge in [0.2, 0.25) is 11.5 Å². The number of amides is 1. The molecule has 184 valence electrons. The molecule has 2 aromatic carbocycles. The van der Waals surface area contributed by atoms with Crippen LogP contribution in [0.25, 0.3) is 0 Å². The molecule has 0 radical (unpaired) electrons. The van der Waals surface area contributed by atoms with E-state index in [1.54, 1.807) is 5.32 Å². The van der Waals surface area contributed by atoms with Crippen LogP contribution >= 0.6 is 0 Å². The number of aliphatic hydroxyl groups is 1. The number of likely N-dealkylation sites (N-methyl/N-ethyl adjacent to an activating group) is 1. The van der Waals surface area contributed by atoms with Gasteiger partial charge in [0, 0.05) is 56.5 Å². The molecule has 0 aliphatic rings. The summed E-state index contributed by atoms with van der Waals surface area (Å²) in [6.07, 6.45) is -1.91. The van der Waals surface area contributed by atoms with Crippen molar-refractivity contribution in [2.45, 2.75) is 18.3 Å². The highest BCUT2D eigenvalue weighted by Crippen LogP contribution is 2.45. The lowest BCUT2D eigenvalue weighted by atomic mass is 9.86. The molecule has 0 bridgehead atoms. The minimum atomic E-state index is -5.13. The predicted molar refractivity (Wildman–Crippen MR) is 123 cm³/mol. The summed E-state index contributed by atoms with van der Waals surface area (Å²) < 4.78 is 57.6. The number of nitrogens with one attached hydrogen (secondary N) is 2. The summed E-state index contributed by atoms with van der Waals surface area (Å²) >= 11 is 0. The molecule has 5 N–H and O–H groups in total. The SMILES string of the molecule is CN=Cc1cc(C(O)(c2ccc([NH2+]c3ccc(F)cc3)c(C=N)c2)C(F)(F)F)cn1CC(=O)NC. The summed E-state index contributed by atoms with van der Waals surface area (Å²) in [4.78, 5) is 15.7. The van der Waals surface area contributed by atoms with Crippen LogP contribution in [0.5, 0.6) is 0 Å². The zero-order chi connectivity index (χ0) is 25.8. The van der Waals surface area contributed by atoms with Crippen LogP contribution in [0.15, 0.2) is 59.7 Å². The molecule has 11 heteroatoms. The molecule has 1 amide bonds. The fourth-order valence-corrected chi connectivity index (χ4v) is 3.62. The van der Waals surface area contributed by atoms with E-state index < -0.39 is 34.6 Å². The Hall–Kier alpha value is -3.83. The molecule has 35 heavy (non-hydrogen) atoms. The monoisotopic (exact) mass is 490 g/mol. The maximum atomic E-state index is 14.4. The lowest BCUT2D eigenvalue weighted by molar-refractivity contribution is -0.478. The van der Waals surface area contributed by atoms with Gasteiger partial charge in [-0.1, -0.05) is 0 Å². The average molecular weight is 490 g/mol. The second-order valence-electron chi connectivity index (χ2n) is 7.73. The van der Waals surface area contributed by atoms with Gasteiger partial charge in [-0.05, 0) is 35.9 Å². The fourth-order valence-electron chi connectivity index (χ4n) is 3.62. The van der Waals surface area contributed by atoms with Crippen molar-refractivity contribution in [3.8, 4) is 0 Å². The summed E-state index contributed by atoms with van der Waals surface area (Å²) in [5.74, 6) is -0.879. The Kier molecular flexibility index (Phi) is 7.51. The van der Waals surface area contributed by atoms with Gasteiger partial charge in [-0.25, -0.2) is 4.39 Å². The van der Waals surface area contributed by atoms with Crippen molar-refractivity contribution < 1.29 is 32.8 Å². The van der Waals surface area contributed by atoms with E-state index in [0.717, 1.165) is 30.6 Å². The molecule has 0 aliphatic heterocycles. The summed E-state index contributed by atoms with van der Waals surface area (Å²) in [7, 11) is 2.83. The topological polar surface area (TPSA) is 107 Å². The van der Waals surface area contributed by atoms with Crippen LogP contribution in [0.1, 0.15) is 22.4 Å². The van der Waals surface area contributed by atoms with Crippen molar-refractivity contribution in [3.05, 3.63) is 82.9 Å². The van der Waals surface area contributed by atoms with Gasteiger partial charge in [-0.3, -0.25) is 15.1 Å². The maximum absolute atomic E-state index is 14.4. The normalized spacial score (nSPS) is 13.6. The molecular weight excluding hydrogens is 466 g/mol. The molecule has 0 spiro atoms. The third-order valence-corrected chi connectivity index (χ3v) is 5.46. The Labute approximate surface area is 198 Å². The number of nitrogens with two attached hydrogens (primary N) is 1. The van der Waals surface area contributed by atoms with Crippen LogP contribution in [0.3, 0.4) is 0 Å². The van der Waals surface area contributed by atoms with Gasteiger partial charge in [0.05, 0.1) is 11.3 Å². The number of quaternary nitrogens is 1. The Morgan fingerprint density at radius 1 is 1.17 bits per heavy atom. The van der Waals surface area contributed by atoms with Gasteiger partial charge >= 0.3 is 6.18 Å². The Bertz CT molecular complexity index is 1250. The lowest BCUT2D eigenvalue weighted by Gasteiger charge is -2.30. The van der Waals surface area contributed by atoms with Crippen molar-refractivity contribution >= 4 is 29.7 Å². The summed E-state index contributed by atoms with van der Waals surface area (Å²) in [6, 6.07) is 10.2. The minimum Gasteiger partial charge on any atom is -0.372 e. The quantitative estimate of drug-likeness (QED) is 0.221. The standard InChI is InChI=1S/C24H23F4N5O2/c1-30-12-20-10-17(13-33(20)14-22(34)31-2)23(35,24(26,27)28)16-3-8-21(15(9-16)11-29)32-19-6-4-18(25)5-7-19/h3-13,29,32,35H,14H2,1-2H3,(H,31,34)/p+1. The first-order chi connectivity index (χ1) is 16.5. The highest BCUT2D eigenvalue weighted by molar-refractivity contribution is 5.84. The smallest absolute Gasteiger partial charge is 0.372 e. The highest BCUT2D eigenvalue weighted by Gasteiger charge is 2.57. The van der Waals surface area contributed by atoms with Crippen LogP contribution in [0.2, 0.25) is 0 Å². The number of aliphatic imine (C=N–C) groups is 1. The Morgan fingerprint density at radius 3 is 2.43 bits per heavy atom. The number of nitrogens with zero attached hydrogens (tertiary/aromatic N) is 2. The fraction of sp³-hybridized carbons (Fsp3) is 0.208. The molecule has 1 heterocycles. The van der Waals surface area contributed by atoms with E-state index in [9.17, 15) is 27.5 Å². The molecule has 0 fully saturated rings. The number of rotatable bonds is 8. The molecular formula is C24H24F4N5O2+. The second kappa shape index (κ2) is 10.2. The van der Waals surface area contributed by atoms with Crippen LogP contribution in [0.4, 0.5) is 28.9 Å². The largest absolute Gasteiger partial charge is 0.425 e. The number of benzene rings is 2. The van der Waals surface area contributed by atoms with E-state index in [1.165, 1.54) is 55.2 Å². The summed E-state index contributed by atoms with van der Waals surface area (Å²) in [5.41, 5.74) is -3.12. The van der Waals surface area contributed by atoms with E-state index in [4.69, 9.17) is 5.41 Å².